The predicted molar refractivity (Wildman–Crippen MR) is 53.3 cm³/mol. The SMILES string of the molecule is COc1cc(C)cc(CN)c1Br. The maximum Gasteiger partial charge on any atom is 0.133 e. The molecule has 66 valence electrons. The molecule has 0 saturated carbocycles. The molecule has 0 saturated heterocycles. The van der Waals surface area contributed by atoms with E-state index in [1.54, 1.807) is 7.11 Å². The quantitative estimate of drug-likeness (QED) is 0.845. The molecular formula is C9H12BrNO. The number of aryl methyl sites for hydroxylation is 1. The highest BCUT2D eigenvalue weighted by molar-refractivity contribution is 9.10. The van der Waals surface area contributed by atoms with Gasteiger partial charge in [-0.2, -0.15) is 0 Å². The van der Waals surface area contributed by atoms with Gasteiger partial charge in [0.25, 0.3) is 0 Å². The Morgan fingerprint density at radius 2 is 2.17 bits per heavy atom. The normalized spacial score (nSPS) is 10.0. The third-order valence-electron chi connectivity index (χ3n) is 1.70. The van der Waals surface area contributed by atoms with Crippen molar-refractivity contribution in [1.29, 1.82) is 0 Å². The van der Waals surface area contributed by atoms with Crippen LogP contribution >= 0.6 is 15.9 Å². The standard InChI is InChI=1S/C9H12BrNO/c1-6-3-7(5-11)9(10)8(4-6)12-2/h3-4H,5,11H2,1-2H3. The lowest BCUT2D eigenvalue weighted by Gasteiger charge is -2.08. The fourth-order valence-corrected chi connectivity index (χ4v) is 1.66. The maximum atomic E-state index is 5.56. The molecule has 0 radical (unpaired) electrons. The van der Waals surface area contributed by atoms with Gasteiger partial charge >= 0.3 is 0 Å². The van der Waals surface area contributed by atoms with E-state index in [0.717, 1.165) is 21.3 Å². The summed E-state index contributed by atoms with van der Waals surface area (Å²) < 4.78 is 6.12. The van der Waals surface area contributed by atoms with Crippen molar-refractivity contribution < 1.29 is 4.74 Å². The van der Waals surface area contributed by atoms with Gasteiger partial charge in [-0.05, 0) is 40.0 Å². The highest BCUT2D eigenvalue weighted by Gasteiger charge is 2.05. The highest BCUT2D eigenvalue weighted by atomic mass is 79.9. The van der Waals surface area contributed by atoms with Crippen LogP contribution in [-0.4, -0.2) is 7.11 Å². The van der Waals surface area contributed by atoms with Crippen LogP contribution < -0.4 is 10.5 Å². The van der Waals surface area contributed by atoms with Crippen molar-refractivity contribution in [3.63, 3.8) is 0 Å². The number of nitrogens with two attached hydrogens (primary N) is 1. The molecule has 0 aliphatic heterocycles. The van der Waals surface area contributed by atoms with E-state index in [-0.39, 0.29) is 0 Å². The van der Waals surface area contributed by atoms with Crippen LogP contribution in [-0.2, 0) is 6.54 Å². The van der Waals surface area contributed by atoms with E-state index in [9.17, 15) is 0 Å². The first-order valence-electron chi connectivity index (χ1n) is 3.72. The zero-order valence-corrected chi connectivity index (χ0v) is 8.81. The Labute approximate surface area is 80.8 Å². The molecule has 0 atom stereocenters. The summed E-state index contributed by atoms with van der Waals surface area (Å²) in [4.78, 5) is 0. The summed E-state index contributed by atoms with van der Waals surface area (Å²) in [6.45, 7) is 2.55. The van der Waals surface area contributed by atoms with Gasteiger partial charge < -0.3 is 10.5 Å². The lowest BCUT2D eigenvalue weighted by Crippen LogP contribution is -1.99. The molecule has 0 bridgehead atoms. The zero-order chi connectivity index (χ0) is 9.14. The van der Waals surface area contributed by atoms with Gasteiger partial charge in [-0.25, -0.2) is 0 Å². The molecule has 2 nitrogen and oxygen atoms in total. The molecule has 0 spiro atoms. The van der Waals surface area contributed by atoms with Crippen molar-refractivity contribution in [3.05, 3.63) is 27.7 Å². The van der Waals surface area contributed by atoms with Gasteiger partial charge in [-0.3, -0.25) is 0 Å². The molecule has 0 aliphatic rings. The summed E-state index contributed by atoms with van der Waals surface area (Å²) in [5.41, 5.74) is 7.80. The molecule has 12 heavy (non-hydrogen) atoms. The Hall–Kier alpha value is -0.540. The molecule has 0 heterocycles. The molecule has 0 aliphatic carbocycles. The molecule has 1 aromatic rings. The summed E-state index contributed by atoms with van der Waals surface area (Å²) in [5, 5.41) is 0. The van der Waals surface area contributed by atoms with Gasteiger partial charge in [0.15, 0.2) is 0 Å². The average Bonchev–Trinajstić information content (AvgIpc) is 2.08. The number of halogens is 1. The van der Waals surface area contributed by atoms with Gasteiger partial charge in [0.2, 0.25) is 0 Å². The molecular weight excluding hydrogens is 218 g/mol. The fourth-order valence-electron chi connectivity index (χ4n) is 1.11. The van der Waals surface area contributed by atoms with Gasteiger partial charge in [0.05, 0.1) is 11.6 Å². The molecule has 1 rings (SSSR count). The third kappa shape index (κ3) is 1.79. The highest BCUT2D eigenvalue weighted by Crippen LogP contribution is 2.29. The van der Waals surface area contributed by atoms with Crippen molar-refractivity contribution in [3.8, 4) is 5.75 Å². The number of methoxy groups -OCH3 is 1. The number of hydrogen-bond donors (Lipinski definition) is 1. The van der Waals surface area contributed by atoms with E-state index < -0.39 is 0 Å². The number of ether oxygens (including phenoxy) is 1. The summed E-state index contributed by atoms with van der Waals surface area (Å²) in [6.07, 6.45) is 0. The van der Waals surface area contributed by atoms with Crippen molar-refractivity contribution >= 4 is 15.9 Å². The minimum atomic E-state index is 0.526. The van der Waals surface area contributed by atoms with Crippen LogP contribution in [0.3, 0.4) is 0 Å². The molecule has 0 fully saturated rings. The molecule has 0 unspecified atom stereocenters. The van der Waals surface area contributed by atoms with Crippen molar-refractivity contribution in [2.24, 2.45) is 5.73 Å². The van der Waals surface area contributed by atoms with Crippen LogP contribution in [0.5, 0.6) is 5.75 Å². The number of hydrogen-bond acceptors (Lipinski definition) is 2. The van der Waals surface area contributed by atoms with E-state index in [4.69, 9.17) is 10.5 Å². The smallest absolute Gasteiger partial charge is 0.133 e. The zero-order valence-electron chi connectivity index (χ0n) is 7.23. The van der Waals surface area contributed by atoms with Gasteiger partial charge in [0, 0.05) is 6.54 Å². The minimum Gasteiger partial charge on any atom is -0.496 e. The van der Waals surface area contributed by atoms with Crippen LogP contribution in [0.15, 0.2) is 16.6 Å². The summed E-state index contributed by atoms with van der Waals surface area (Å²) in [7, 11) is 1.65. The van der Waals surface area contributed by atoms with E-state index in [1.165, 1.54) is 0 Å². The van der Waals surface area contributed by atoms with Gasteiger partial charge in [-0.1, -0.05) is 6.07 Å². The molecule has 1 aromatic carbocycles. The van der Waals surface area contributed by atoms with E-state index in [2.05, 4.69) is 15.9 Å². The largest absolute Gasteiger partial charge is 0.496 e. The molecule has 2 N–H and O–H groups in total. The average molecular weight is 230 g/mol. The topological polar surface area (TPSA) is 35.2 Å². The number of benzene rings is 1. The second-order valence-corrected chi connectivity index (χ2v) is 3.44. The van der Waals surface area contributed by atoms with E-state index in [1.807, 2.05) is 19.1 Å². The Morgan fingerprint density at radius 1 is 1.50 bits per heavy atom. The second-order valence-electron chi connectivity index (χ2n) is 2.64. The Morgan fingerprint density at radius 3 is 2.67 bits per heavy atom. The Balaban J connectivity index is 3.22. The van der Waals surface area contributed by atoms with Crippen molar-refractivity contribution in [2.45, 2.75) is 13.5 Å². The summed E-state index contributed by atoms with van der Waals surface area (Å²) in [5.74, 6) is 0.843. The Kier molecular flexibility index (Phi) is 3.12. The minimum absolute atomic E-state index is 0.526. The van der Waals surface area contributed by atoms with Crippen LogP contribution in [0, 0.1) is 6.92 Å². The van der Waals surface area contributed by atoms with Crippen LogP contribution in [0.4, 0.5) is 0 Å². The first-order valence-corrected chi connectivity index (χ1v) is 4.51. The lowest BCUT2D eigenvalue weighted by molar-refractivity contribution is 0.411. The van der Waals surface area contributed by atoms with Gasteiger partial charge in [0.1, 0.15) is 5.75 Å². The van der Waals surface area contributed by atoms with Crippen LogP contribution in [0.2, 0.25) is 0 Å². The van der Waals surface area contributed by atoms with Crippen molar-refractivity contribution in [1.82, 2.24) is 0 Å². The van der Waals surface area contributed by atoms with Crippen LogP contribution in [0.1, 0.15) is 11.1 Å². The first kappa shape index (κ1) is 9.55. The fraction of sp³-hybridized carbons (Fsp3) is 0.333. The molecule has 0 aromatic heterocycles. The molecule has 0 amide bonds. The van der Waals surface area contributed by atoms with Crippen molar-refractivity contribution in [2.75, 3.05) is 7.11 Å². The van der Waals surface area contributed by atoms with Gasteiger partial charge in [-0.15, -0.1) is 0 Å². The monoisotopic (exact) mass is 229 g/mol. The lowest BCUT2D eigenvalue weighted by atomic mass is 10.1. The summed E-state index contributed by atoms with van der Waals surface area (Å²) in [6, 6.07) is 4.02. The van der Waals surface area contributed by atoms with Crippen LogP contribution in [0.25, 0.3) is 0 Å². The maximum absolute atomic E-state index is 5.56. The summed E-state index contributed by atoms with van der Waals surface area (Å²) >= 11 is 3.43. The first-order chi connectivity index (χ1) is 5.69. The predicted octanol–water partition coefficient (Wildman–Crippen LogP) is 2.22. The Bertz CT molecular complexity index is 261. The molecule has 3 heteroatoms. The van der Waals surface area contributed by atoms with E-state index >= 15 is 0 Å². The number of rotatable bonds is 2. The van der Waals surface area contributed by atoms with E-state index in [0.29, 0.717) is 6.54 Å². The second kappa shape index (κ2) is 3.92. The third-order valence-corrected chi connectivity index (χ3v) is 2.60.